The van der Waals surface area contributed by atoms with Crippen molar-refractivity contribution in [2.45, 2.75) is 38.6 Å². The molecule has 0 aromatic carbocycles. The van der Waals surface area contributed by atoms with Crippen LogP contribution in [0.3, 0.4) is 0 Å². The molecule has 2 saturated heterocycles. The van der Waals surface area contributed by atoms with E-state index in [1.807, 2.05) is 0 Å². The van der Waals surface area contributed by atoms with E-state index in [1.165, 1.54) is 51.9 Å². The Balaban J connectivity index is 1.84. The molecule has 2 aliphatic rings. The molecule has 2 fully saturated rings. The summed E-state index contributed by atoms with van der Waals surface area (Å²) in [4.78, 5) is 2.72. The lowest BCUT2D eigenvalue weighted by Crippen LogP contribution is -2.33. The molecule has 2 unspecified atom stereocenters. The summed E-state index contributed by atoms with van der Waals surface area (Å²) < 4.78 is 0. The Morgan fingerprint density at radius 1 is 1.15 bits per heavy atom. The van der Waals surface area contributed by atoms with Gasteiger partial charge in [-0.15, -0.1) is 0 Å². The highest BCUT2D eigenvalue weighted by molar-refractivity contribution is 4.81. The summed E-state index contributed by atoms with van der Waals surface area (Å²) >= 11 is 0. The van der Waals surface area contributed by atoms with Crippen LogP contribution in [0.15, 0.2) is 0 Å². The zero-order valence-electron chi connectivity index (χ0n) is 8.76. The van der Waals surface area contributed by atoms with Gasteiger partial charge in [-0.3, -0.25) is 0 Å². The Morgan fingerprint density at radius 3 is 2.85 bits per heavy atom. The maximum absolute atomic E-state index is 3.49. The quantitative estimate of drug-likeness (QED) is 0.660. The van der Waals surface area contributed by atoms with Crippen LogP contribution in [0.4, 0.5) is 0 Å². The van der Waals surface area contributed by atoms with Crippen LogP contribution in [0.5, 0.6) is 0 Å². The van der Waals surface area contributed by atoms with Gasteiger partial charge in [-0.1, -0.05) is 6.92 Å². The minimum Gasteiger partial charge on any atom is -0.317 e. The fourth-order valence-corrected chi connectivity index (χ4v) is 2.67. The maximum atomic E-state index is 3.49. The third kappa shape index (κ3) is 2.44. The maximum Gasteiger partial charge on any atom is 0.0108 e. The van der Waals surface area contributed by atoms with Crippen LogP contribution < -0.4 is 5.32 Å². The van der Waals surface area contributed by atoms with Gasteiger partial charge in [0, 0.05) is 12.6 Å². The molecule has 2 heterocycles. The zero-order valence-corrected chi connectivity index (χ0v) is 8.76. The predicted octanol–water partition coefficient (Wildman–Crippen LogP) is 1.47. The molecule has 0 amide bonds. The fourth-order valence-electron chi connectivity index (χ4n) is 2.67. The van der Waals surface area contributed by atoms with Crippen molar-refractivity contribution in [3.8, 4) is 0 Å². The van der Waals surface area contributed by atoms with Crippen molar-refractivity contribution in [3.63, 3.8) is 0 Å². The van der Waals surface area contributed by atoms with Crippen molar-refractivity contribution in [2.24, 2.45) is 5.92 Å². The molecule has 2 aliphatic heterocycles. The number of hydrogen-bond acceptors (Lipinski definition) is 2. The first-order valence-corrected chi connectivity index (χ1v) is 5.81. The second kappa shape index (κ2) is 4.43. The molecule has 2 atom stereocenters. The Bertz CT molecular complexity index is 150. The molecule has 0 aromatic heterocycles. The van der Waals surface area contributed by atoms with Crippen molar-refractivity contribution in [1.29, 1.82) is 0 Å². The first-order chi connectivity index (χ1) is 6.36. The number of nitrogens with one attached hydrogen (secondary N) is 1. The molecule has 2 heteroatoms. The van der Waals surface area contributed by atoms with Crippen LogP contribution in [0.2, 0.25) is 0 Å². The van der Waals surface area contributed by atoms with E-state index in [9.17, 15) is 0 Å². The lowest BCUT2D eigenvalue weighted by Gasteiger charge is -2.26. The molecule has 1 N–H and O–H groups in total. The fraction of sp³-hybridized carbons (Fsp3) is 1.00. The molecular formula is C11H22N2. The zero-order chi connectivity index (χ0) is 9.10. The van der Waals surface area contributed by atoms with E-state index >= 15 is 0 Å². The van der Waals surface area contributed by atoms with E-state index in [1.54, 1.807) is 0 Å². The summed E-state index contributed by atoms with van der Waals surface area (Å²) in [6.45, 7) is 7.56. The number of likely N-dealkylation sites (tertiary alicyclic amines) is 1. The largest absolute Gasteiger partial charge is 0.317 e. The van der Waals surface area contributed by atoms with Crippen LogP contribution in [0.25, 0.3) is 0 Å². The number of rotatable bonds is 1. The highest BCUT2D eigenvalue weighted by atomic mass is 15.2. The van der Waals surface area contributed by atoms with Crippen LogP contribution in [-0.4, -0.2) is 37.1 Å². The Labute approximate surface area is 81.7 Å². The van der Waals surface area contributed by atoms with E-state index in [-0.39, 0.29) is 0 Å². The summed E-state index contributed by atoms with van der Waals surface area (Å²) in [7, 11) is 0. The van der Waals surface area contributed by atoms with Crippen LogP contribution in [-0.2, 0) is 0 Å². The topological polar surface area (TPSA) is 15.3 Å². The summed E-state index contributed by atoms with van der Waals surface area (Å²) in [6, 6.07) is 0.889. The van der Waals surface area contributed by atoms with Crippen molar-refractivity contribution >= 4 is 0 Å². The summed E-state index contributed by atoms with van der Waals surface area (Å²) in [5, 5.41) is 3.49. The molecule has 2 nitrogen and oxygen atoms in total. The molecule has 0 radical (unpaired) electrons. The minimum atomic E-state index is 0.889. The highest BCUT2D eigenvalue weighted by Gasteiger charge is 2.25. The van der Waals surface area contributed by atoms with Gasteiger partial charge in [-0.05, 0) is 51.2 Å². The second-order valence-electron chi connectivity index (χ2n) is 4.72. The van der Waals surface area contributed by atoms with Crippen LogP contribution >= 0.6 is 0 Å². The van der Waals surface area contributed by atoms with Gasteiger partial charge in [0.2, 0.25) is 0 Å². The predicted molar refractivity (Wildman–Crippen MR) is 55.9 cm³/mol. The first kappa shape index (κ1) is 9.47. The van der Waals surface area contributed by atoms with Crippen molar-refractivity contribution in [2.75, 3.05) is 26.2 Å². The molecule has 2 rings (SSSR count). The lowest BCUT2D eigenvalue weighted by molar-refractivity contribution is 0.218. The van der Waals surface area contributed by atoms with Crippen LogP contribution in [0.1, 0.15) is 32.6 Å². The van der Waals surface area contributed by atoms with Gasteiger partial charge in [-0.2, -0.15) is 0 Å². The van der Waals surface area contributed by atoms with Crippen LogP contribution in [0, 0.1) is 5.92 Å². The van der Waals surface area contributed by atoms with E-state index in [4.69, 9.17) is 0 Å². The normalized spacial score (nSPS) is 37.6. The van der Waals surface area contributed by atoms with E-state index in [0.29, 0.717) is 0 Å². The van der Waals surface area contributed by atoms with Gasteiger partial charge >= 0.3 is 0 Å². The summed E-state index contributed by atoms with van der Waals surface area (Å²) in [6.07, 6.45) is 5.58. The highest BCUT2D eigenvalue weighted by Crippen LogP contribution is 2.22. The summed E-state index contributed by atoms with van der Waals surface area (Å²) in [5.41, 5.74) is 0. The molecule has 76 valence electrons. The van der Waals surface area contributed by atoms with Gasteiger partial charge in [0.1, 0.15) is 0 Å². The van der Waals surface area contributed by atoms with Crippen molar-refractivity contribution in [3.05, 3.63) is 0 Å². The van der Waals surface area contributed by atoms with Gasteiger partial charge in [0.25, 0.3) is 0 Å². The van der Waals surface area contributed by atoms with Gasteiger partial charge < -0.3 is 10.2 Å². The Morgan fingerprint density at radius 2 is 2.08 bits per heavy atom. The first-order valence-electron chi connectivity index (χ1n) is 5.81. The van der Waals surface area contributed by atoms with Crippen molar-refractivity contribution in [1.82, 2.24) is 10.2 Å². The van der Waals surface area contributed by atoms with Gasteiger partial charge in [0.15, 0.2) is 0 Å². The van der Waals surface area contributed by atoms with Gasteiger partial charge in [0.05, 0.1) is 0 Å². The Kier molecular flexibility index (Phi) is 3.23. The van der Waals surface area contributed by atoms with E-state index in [2.05, 4.69) is 17.1 Å². The molecule has 0 bridgehead atoms. The number of nitrogens with zero attached hydrogens (tertiary/aromatic N) is 1. The summed E-state index contributed by atoms with van der Waals surface area (Å²) in [5.74, 6) is 0.941. The monoisotopic (exact) mass is 182 g/mol. The third-order valence-electron chi connectivity index (χ3n) is 3.52. The van der Waals surface area contributed by atoms with Crippen molar-refractivity contribution < 1.29 is 0 Å². The molecule has 0 aromatic rings. The standard InChI is InChI=1S/C11H22N2/c1-10-5-8-13(9-10)11-3-2-6-12-7-4-11/h10-12H,2-9H2,1H3. The van der Waals surface area contributed by atoms with E-state index in [0.717, 1.165) is 12.0 Å². The Hall–Kier alpha value is -0.0800. The SMILES string of the molecule is CC1CCN(C2CCCNCC2)C1. The van der Waals surface area contributed by atoms with Gasteiger partial charge in [-0.25, -0.2) is 0 Å². The average molecular weight is 182 g/mol. The van der Waals surface area contributed by atoms with E-state index < -0.39 is 0 Å². The minimum absolute atomic E-state index is 0.889. The molecular weight excluding hydrogens is 160 g/mol. The molecule has 0 saturated carbocycles. The molecule has 0 spiro atoms. The lowest BCUT2D eigenvalue weighted by atomic mass is 10.1. The third-order valence-corrected chi connectivity index (χ3v) is 3.52. The molecule has 0 aliphatic carbocycles. The smallest absolute Gasteiger partial charge is 0.0108 e. The number of hydrogen-bond donors (Lipinski definition) is 1. The molecule has 13 heavy (non-hydrogen) atoms. The average Bonchev–Trinajstić information content (AvgIpc) is 2.43. The second-order valence-corrected chi connectivity index (χ2v) is 4.72.